The predicted octanol–water partition coefficient (Wildman–Crippen LogP) is 3.10. The Morgan fingerprint density at radius 2 is 1.59 bits per heavy atom. The summed E-state index contributed by atoms with van der Waals surface area (Å²) >= 11 is 0. The van der Waals surface area contributed by atoms with Gasteiger partial charge in [-0.05, 0) is 64.1 Å². The van der Waals surface area contributed by atoms with Gasteiger partial charge in [0.2, 0.25) is 5.75 Å². The molecular formula is C21H32N2O4. The lowest BCUT2D eigenvalue weighted by atomic mass is 9.78. The third-order valence-electron chi connectivity index (χ3n) is 5.60. The fourth-order valence-electron chi connectivity index (χ4n) is 4.10. The molecule has 6 nitrogen and oxygen atoms in total. The molecule has 2 heterocycles. The molecule has 27 heavy (non-hydrogen) atoms. The number of hydrogen-bond donors (Lipinski definition) is 1. The van der Waals surface area contributed by atoms with E-state index in [4.69, 9.17) is 14.2 Å². The summed E-state index contributed by atoms with van der Waals surface area (Å²) in [6.07, 6.45) is 3.36. The van der Waals surface area contributed by atoms with Crippen LogP contribution in [-0.4, -0.2) is 56.8 Å². The first-order valence-corrected chi connectivity index (χ1v) is 10.2. The highest BCUT2D eigenvalue weighted by molar-refractivity contribution is 5.95. The van der Waals surface area contributed by atoms with E-state index >= 15 is 0 Å². The fraction of sp³-hybridized carbons (Fsp3) is 0.667. The maximum atomic E-state index is 13.1. The highest BCUT2D eigenvalue weighted by Gasteiger charge is 2.38. The Bertz CT molecular complexity index is 619. The van der Waals surface area contributed by atoms with E-state index in [1.54, 1.807) is 12.1 Å². The van der Waals surface area contributed by atoms with Crippen LogP contribution in [0.4, 0.5) is 0 Å². The summed E-state index contributed by atoms with van der Waals surface area (Å²) in [6, 6.07) is 3.59. The van der Waals surface area contributed by atoms with E-state index in [1.807, 2.05) is 25.7 Å². The second-order valence-electron chi connectivity index (χ2n) is 7.32. The van der Waals surface area contributed by atoms with Gasteiger partial charge in [-0.25, -0.2) is 0 Å². The van der Waals surface area contributed by atoms with E-state index in [-0.39, 0.29) is 5.91 Å². The van der Waals surface area contributed by atoms with Gasteiger partial charge in [0, 0.05) is 25.2 Å². The number of carbonyl (C=O) groups excluding carboxylic acids is 1. The quantitative estimate of drug-likeness (QED) is 0.792. The minimum atomic E-state index is 0.0424. The summed E-state index contributed by atoms with van der Waals surface area (Å²) in [7, 11) is 0. The molecule has 150 valence electrons. The second-order valence-corrected chi connectivity index (χ2v) is 7.32. The number of carbonyl (C=O) groups is 1. The summed E-state index contributed by atoms with van der Waals surface area (Å²) in [5.41, 5.74) is 0.994. The van der Waals surface area contributed by atoms with E-state index in [9.17, 15) is 4.79 Å². The van der Waals surface area contributed by atoms with E-state index in [0.29, 0.717) is 48.0 Å². The molecule has 0 saturated carbocycles. The van der Waals surface area contributed by atoms with Crippen molar-refractivity contribution >= 4 is 5.91 Å². The standard InChI is InChI=1S/C21H32N2O4/c1-4-25-17-13-16(14-18(26-5-2)19(17)27-6-3)20(24)23-11-8-21(9-12-23)7-10-22-15-21/h13-14,22H,4-12,15H2,1-3H3. The van der Waals surface area contributed by atoms with Gasteiger partial charge in [0.1, 0.15) is 0 Å². The van der Waals surface area contributed by atoms with Crippen LogP contribution in [0.5, 0.6) is 17.2 Å². The van der Waals surface area contributed by atoms with Gasteiger partial charge in [-0.2, -0.15) is 0 Å². The number of piperidine rings is 1. The number of rotatable bonds is 7. The molecule has 0 bridgehead atoms. The molecule has 1 N–H and O–H groups in total. The van der Waals surface area contributed by atoms with Crippen LogP contribution in [-0.2, 0) is 0 Å². The van der Waals surface area contributed by atoms with E-state index in [1.165, 1.54) is 6.42 Å². The zero-order valence-corrected chi connectivity index (χ0v) is 16.8. The number of likely N-dealkylation sites (tertiary alicyclic amines) is 1. The van der Waals surface area contributed by atoms with E-state index in [0.717, 1.165) is 39.0 Å². The molecular weight excluding hydrogens is 344 g/mol. The maximum Gasteiger partial charge on any atom is 0.254 e. The van der Waals surface area contributed by atoms with Gasteiger partial charge in [0.15, 0.2) is 11.5 Å². The average Bonchev–Trinajstić information content (AvgIpc) is 3.12. The van der Waals surface area contributed by atoms with Crippen LogP contribution >= 0.6 is 0 Å². The second kappa shape index (κ2) is 8.83. The monoisotopic (exact) mass is 376 g/mol. The number of nitrogens with one attached hydrogen (secondary N) is 1. The Labute approximate surface area is 162 Å². The highest BCUT2D eigenvalue weighted by Crippen LogP contribution is 2.41. The average molecular weight is 376 g/mol. The van der Waals surface area contributed by atoms with Crippen LogP contribution in [0.1, 0.15) is 50.4 Å². The zero-order chi connectivity index (χ0) is 19.3. The first-order chi connectivity index (χ1) is 13.1. The maximum absolute atomic E-state index is 13.1. The van der Waals surface area contributed by atoms with Crippen LogP contribution < -0.4 is 19.5 Å². The SMILES string of the molecule is CCOc1cc(C(=O)N2CCC3(CCNC3)CC2)cc(OCC)c1OCC. The third-order valence-corrected chi connectivity index (χ3v) is 5.60. The van der Waals surface area contributed by atoms with Crippen molar-refractivity contribution < 1.29 is 19.0 Å². The predicted molar refractivity (Wildman–Crippen MR) is 105 cm³/mol. The lowest BCUT2D eigenvalue weighted by molar-refractivity contribution is 0.0606. The minimum Gasteiger partial charge on any atom is -0.490 e. The highest BCUT2D eigenvalue weighted by atomic mass is 16.5. The van der Waals surface area contributed by atoms with Crippen molar-refractivity contribution in [1.29, 1.82) is 0 Å². The molecule has 2 aliphatic heterocycles. The van der Waals surface area contributed by atoms with Crippen LogP contribution in [0, 0.1) is 5.41 Å². The van der Waals surface area contributed by atoms with Crippen molar-refractivity contribution in [1.82, 2.24) is 10.2 Å². The van der Waals surface area contributed by atoms with Crippen molar-refractivity contribution in [2.45, 2.75) is 40.0 Å². The summed E-state index contributed by atoms with van der Waals surface area (Å²) in [6.45, 7) is 11.1. The van der Waals surface area contributed by atoms with E-state index < -0.39 is 0 Å². The molecule has 0 aliphatic carbocycles. The molecule has 6 heteroatoms. The first kappa shape index (κ1) is 19.8. The van der Waals surface area contributed by atoms with Crippen LogP contribution in [0.15, 0.2) is 12.1 Å². The van der Waals surface area contributed by atoms with E-state index in [2.05, 4.69) is 5.32 Å². The summed E-state index contributed by atoms with van der Waals surface area (Å²) < 4.78 is 17.2. The summed E-state index contributed by atoms with van der Waals surface area (Å²) in [4.78, 5) is 15.1. The van der Waals surface area contributed by atoms with Crippen molar-refractivity contribution in [2.75, 3.05) is 46.0 Å². The van der Waals surface area contributed by atoms with Gasteiger partial charge in [0.05, 0.1) is 19.8 Å². The smallest absolute Gasteiger partial charge is 0.254 e. The number of nitrogens with zero attached hydrogens (tertiary/aromatic N) is 1. The summed E-state index contributed by atoms with van der Waals surface area (Å²) in [5, 5.41) is 3.47. The molecule has 1 aromatic carbocycles. The largest absolute Gasteiger partial charge is 0.490 e. The van der Waals surface area contributed by atoms with Gasteiger partial charge in [-0.15, -0.1) is 0 Å². The first-order valence-electron chi connectivity index (χ1n) is 10.2. The number of ether oxygens (including phenoxy) is 3. The number of amides is 1. The lowest BCUT2D eigenvalue weighted by Crippen LogP contribution is -2.44. The third kappa shape index (κ3) is 4.32. The van der Waals surface area contributed by atoms with Crippen molar-refractivity contribution in [3.8, 4) is 17.2 Å². The van der Waals surface area contributed by atoms with Crippen molar-refractivity contribution in [2.24, 2.45) is 5.41 Å². The molecule has 0 unspecified atom stereocenters. The molecule has 0 aromatic heterocycles. The Hall–Kier alpha value is -1.95. The number of benzene rings is 1. The number of hydrogen-bond acceptors (Lipinski definition) is 5. The Morgan fingerprint density at radius 1 is 1.00 bits per heavy atom. The normalized spacial score (nSPS) is 18.6. The van der Waals surface area contributed by atoms with Crippen LogP contribution in [0.3, 0.4) is 0 Å². The summed E-state index contributed by atoms with van der Waals surface area (Å²) in [5.74, 6) is 1.76. The molecule has 2 aliphatic rings. The molecule has 3 rings (SSSR count). The topological polar surface area (TPSA) is 60.0 Å². The molecule has 0 atom stereocenters. The Kier molecular flexibility index (Phi) is 6.47. The molecule has 2 fully saturated rings. The van der Waals surface area contributed by atoms with Gasteiger partial charge in [-0.1, -0.05) is 0 Å². The molecule has 0 radical (unpaired) electrons. The van der Waals surface area contributed by atoms with Crippen molar-refractivity contribution in [3.63, 3.8) is 0 Å². The Balaban J connectivity index is 1.81. The molecule has 2 saturated heterocycles. The van der Waals surface area contributed by atoms with Gasteiger partial charge in [0.25, 0.3) is 5.91 Å². The van der Waals surface area contributed by atoms with Gasteiger partial charge >= 0.3 is 0 Å². The minimum absolute atomic E-state index is 0.0424. The molecule has 1 spiro atoms. The van der Waals surface area contributed by atoms with Crippen LogP contribution in [0.2, 0.25) is 0 Å². The zero-order valence-electron chi connectivity index (χ0n) is 16.8. The van der Waals surface area contributed by atoms with Crippen molar-refractivity contribution in [3.05, 3.63) is 17.7 Å². The van der Waals surface area contributed by atoms with Gasteiger partial charge < -0.3 is 24.4 Å². The Morgan fingerprint density at radius 3 is 2.07 bits per heavy atom. The van der Waals surface area contributed by atoms with Gasteiger partial charge in [-0.3, -0.25) is 4.79 Å². The van der Waals surface area contributed by atoms with Crippen LogP contribution in [0.25, 0.3) is 0 Å². The fourth-order valence-corrected chi connectivity index (χ4v) is 4.10. The molecule has 1 aromatic rings. The molecule has 1 amide bonds. The lowest BCUT2D eigenvalue weighted by Gasteiger charge is -2.39.